The molecule has 4 rings (SSSR count). The lowest BCUT2D eigenvalue weighted by molar-refractivity contribution is -0.116. The van der Waals surface area contributed by atoms with E-state index in [-0.39, 0.29) is 18.3 Å². The van der Waals surface area contributed by atoms with E-state index in [9.17, 15) is 24.4 Å². The number of carbonyl (C=O) groups excluding carboxylic acids is 1. The number of phosphoric ester groups is 1. The standard InChI is InChI=1S/C37H57ClN3O9P/c1-3-4-5-6-7-8-9-10-11-12-13-14-15-16-17-21-33(42)39-32-22-24-41(36(44)40-32)35-37(2,45)34(43)31(49-35)27-48-51(46)47-25-23-30(50-51)28-19-18-20-29(38)26-28/h18-20,22,24,26,30-31,34-35,43,45H,3-17,21,23,25,27H2,1-2H3,(H,39,40,42,44)/t30-,31+,34+,35+,37+,51?/m0/s1. The van der Waals surface area contributed by atoms with E-state index in [1.165, 1.54) is 96.2 Å². The number of nitrogens with one attached hydrogen (secondary N) is 1. The van der Waals surface area contributed by atoms with Gasteiger partial charge in [0.05, 0.1) is 19.3 Å². The van der Waals surface area contributed by atoms with Crippen molar-refractivity contribution in [2.24, 2.45) is 0 Å². The fraction of sp³-hybridized carbons (Fsp3) is 0.703. The molecule has 286 valence electrons. The number of halogens is 1. The Morgan fingerprint density at radius 1 is 1.04 bits per heavy atom. The smallest absolute Gasteiger partial charge is 0.387 e. The van der Waals surface area contributed by atoms with Gasteiger partial charge in [0.1, 0.15) is 23.6 Å². The van der Waals surface area contributed by atoms with Crippen LogP contribution < -0.4 is 11.0 Å². The summed E-state index contributed by atoms with van der Waals surface area (Å²) in [5, 5.41) is 25.2. The number of hydrogen-bond acceptors (Lipinski definition) is 10. The van der Waals surface area contributed by atoms with Crippen molar-refractivity contribution in [1.29, 1.82) is 0 Å². The Labute approximate surface area is 307 Å². The van der Waals surface area contributed by atoms with E-state index in [0.717, 1.165) is 23.8 Å². The normalized spacial score (nSPS) is 26.4. The van der Waals surface area contributed by atoms with Gasteiger partial charge >= 0.3 is 13.5 Å². The molecule has 2 aliphatic rings. The molecule has 1 aromatic heterocycles. The second-order valence-electron chi connectivity index (χ2n) is 14.0. The summed E-state index contributed by atoms with van der Waals surface area (Å²) in [4.78, 5) is 29.4. The van der Waals surface area contributed by atoms with Gasteiger partial charge in [-0.05, 0) is 37.1 Å². The van der Waals surface area contributed by atoms with Gasteiger partial charge in [-0.15, -0.1) is 0 Å². The number of ether oxygens (including phenoxy) is 1. The molecular formula is C37H57ClN3O9P. The Morgan fingerprint density at radius 3 is 2.27 bits per heavy atom. The zero-order chi connectivity index (χ0) is 36.7. The molecule has 2 fully saturated rings. The predicted molar refractivity (Wildman–Crippen MR) is 197 cm³/mol. The molecular weight excluding hydrogens is 697 g/mol. The van der Waals surface area contributed by atoms with Crippen molar-refractivity contribution in [2.75, 3.05) is 18.5 Å². The van der Waals surface area contributed by atoms with E-state index < -0.39 is 50.3 Å². The first-order chi connectivity index (χ1) is 24.5. The van der Waals surface area contributed by atoms with E-state index in [4.69, 9.17) is 29.9 Å². The number of phosphoric acid groups is 1. The number of anilines is 1. The molecule has 1 unspecified atom stereocenters. The highest BCUT2D eigenvalue weighted by Gasteiger charge is 2.54. The average molecular weight is 754 g/mol. The first-order valence-electron chi connectivity index (χ1n) is 18.8. The third-order valence-electron chi connectivity index (χ3n) is 9.62. The molecule has 14 heteroatoms. The van der Waals surface area contributed by atoms with Gasteiger partial charge in [-0.1, -0.05) is 121 Å². The minimum absolute atomic E-state index is 0.0826. The van der Waals surface area contributed by atoms with Crippen LogP contribution in [0.15, 0.2) is 41.3 Å². The van der Waals surface area contributed by atoms with Gasteiger partial charge in [-0.25, -0.2) is 9.36 Å². The Kier molecular flexibility index (Phi) is 17.1. The molecule has 6 atom stereocenters. The van der Waals surface area contributed by atoms with Crippen LogP contribution in [0.4, 0.5) is 5.82 Å². The van der Waals surface area contributed by atoms with Crippen LogP contribution in [0.3, 0.4) is 0 Å². The molecule has 2 aromatic rings. The van der Waals surface area contributed by atoms with E-state index in [1.54, 1.807) is 24.3 Å². The summed E-state index contributed by atoms with van der Waals surface area (Å²) in [5.41, 5.74) is -2.02. The fourth-order valence-electron chi connectivity index (χ4n) is 6.58. The number of hydrogen-bond donors (Lipinski definition) is 3. The number of nitrogens with zero attached hydrogens (tertiary/aromatic N) is 2. The highest BCUT2D eigenvalue weighted by Crippen LogP contribution is 2.57. The SMILES string of the molecule is CCCCCCCCCCCCCCCCCC(=O)Nc1ccn([C@@H]2O[C@H](COP3(=O)OCC[C@@H](c4cccc(Cl)c4)O3)[C@@H](O)[C@@]2(C)O)c(=O)n1. The van der Waals surface area contributed by atoms with Crippen LogP contribution in [0.1, 0.15) is 141 Å². The highest BCUT2D eigenvalue weighted by atomic mass is 35.5. The quantitative estimate of drug-likeness (QED) is 0.0787. The number of aromatic nitrogens is 2. The fourth-order valence-corrected chi connectivity index (χ4v) is 8.17. The maximum absolute atomic E-state index is 13.3. The molecule has 1 amide bonds. The summed E-state index contributed by atoms with van der Waals surface area (Å²) >= 11 is 6.09. The van der Waals surface area contributed by atoms with Crippen LogP contribution in [-0.2, 0) is 27.7 Å². The Balaban J connectivity index is 1.15. The monoisotopic (exact) mass is 753 g/mol. The molecule has 2 aliphatic heterocycles. The number of amides is 1. The molecule has 2 saturated heterocycles. The number of rotatable bonds is 22. The third kappa shape index (κ3) is 13.0. The van der Waals surface area contributed by atoms with Gasteiger partial charge in [0, 0.05) is 24.1 Å². The molecule has 0 saturated carbocycles. The second-order valence-corrected chi connectivity index (χ2v) is 16.0. The van der Waals surface area contributed by atoms with Crippen molar-refractivity contribution in [2.45, 2.75) is 153 Å². The molecule has 0 aliphatic carbocycles. The lowest BCUT2D eigenvalue weighted by Crippen LogP contribution is -2.46. The molecule has 3 N–H and O–H groups in total. The van der Waals surface area contributed by atoms with Crippen LogP contribution >= 0.6 is 19.4 Å². The Bertz CT molecular complexity index is 1470. The molecule has 51 heavy (non-hydrogen) atoms. The van der Waals surface area contributed by atoms with Crippen LogP contribution in [0.25, 0.3) is 0 Å². The van der Waals surface area contributed by atoms with Gasteiger partial charge in [0.15, 0.2) is 6.23 Å². The average Bonchev–Trinajstić information content (AvgIpc) is 3.32. The number of carbonyl (C=O) groups is 1. The van der Waals surface area contributed by atoms with Crippen molar-refractivity contribution in [3.8, 4) is 0 Å². The van der Waals surface area contributed by atoms with Gasteiger partial charge in [0.2, 0.25) is 5.91 Å². The van der Waals surface area contributed by atoms with Gasteiger partial charge in [-0.2, -0.15) is 4.98 Å². The zero-order valence-corrected chi connectivity index (χ0v) is 31.8. The first-order valence-corrected chi connectivity index (χ1v) is 20.6. The number of aliphatic hydroxyl groups excluding tert-OH is 1. The van der Waals surface area contributed by atoms with E-state index >= 15 is 0 Å². The van der Waals surface area contributed by atoms with Crippen LogP contribution in [0.2, 0.25) is 5.02 Å². The molecule has 3 heterocycles. The van der Waals surface area contributed by atoms with Crippen LogP contribution in [0.5, 0.6) is 0 Å². The summed E-state index contributed by atoms with van der Waals surface area (Å²) < 4.78 is 36.6. The van der Waals surface area contributed by atoms with Crippen molar-refractivity contribution in [3.63, 3.8) is 0 Å². The van der Waals surface area contributed by atoms with Crippen molar-refractivity contribution in [3.05, 3.63) is 57.6 Å². The van der Waals surface area contributed by atoms with E-state index in [1.807, 2.05) is 0 Å². The Morgan fingerprint density at radius 2 is 1.67 bits per heavy atom. The maximum Gasteiger partial charge on any atom is 0.475 e. The molecule has 0 spiro atoms. The molecule has 0 bridgehead atoms. The number of unbranched alkanes of at least 4 members (excludes halogenated alkanes) is 14. The Hall–Kier alpha value is -2.15. The maximum atomic E-state index is 13.3. The zero-order valence-electron chi connectivity index (χ0n) is 30.2. The minimum atomic E-state index is -4.05. The van der Waals surface area contributed by atoms with Gasteiger partial charge in [-0.3, -0.25) is 22.9 Å². The van der Waals surface area contributed by atoms with E-state index in [2.05, 4.69) is 17.2 Å². The van der Waals surface area contributed by atoms with Gasteiger partial charge < -0.3 is 20.3 Å². The summed E-state index contributed by atoms with van der Waals surface area (Å²) in [5.74, 6) is -0.148. The van der Waals surface area contributed by atoms with Crippen molar-refractivity contribution >= 4 is 31.1 Å². The lowest BCUT2D eigenvalue weighted by Gasteiger charge is -2.30. The molecule has 12 nitrogen and oxygen atoms in total. The van der Waals surface area contributed by atoms with Crippen molar-refractivity contribution < 1.29 is 37.9 Å². The summed E-state index contributed by atoms with van der Waals surface area (Å²) in [6, 6.07) is 8.40. The second kappa shape index (κ2) is 20.9. The summed E-state index contributed by atoms with van der Waals surface area (Å²) in [6.45, 7) is 3.21. The van der Waals surface area contributed by atoms with Crippen molar-refractivity contribution in [1.82, 2.24) is 9.55 Å². The molecule has 1 aromatic carbocycles. The lowest BCUT2D eigenvalue weighted by atomic mass is 9.96. The van der Waals surface area contributed by atoms with Gasteiger partial charge in [0.25, 0.3) is 0 Å². The number of aliphatic hydroxyl groups is 2. The van der Waals surface area contributed by atoms with Crippen LogP contribution in [-0.4, -0.2) is 56.7 Å². The summed E-state index contributed by atoms with van der Waals surface area (Å²) in [7, 11) is -4.05. The topological polar surface area (TPSA) is 158 Å². The number of benzene rings is 1. The largest absolute Gasteiger partial charge is 0.475 e. The minimum Gasteiger partial charge on any atom is -0.387 e. The molecule has 0 radical (unpaired) electrons. The predicted octanol–water partition coefficient (Wildman–Crippen LogP) is 8.41. The first kappa shape index (κ1) is 41.6. The summed E-state index contributed by atoms with van der Waals surface area (Å²) in [6.07, 6.45) is 16.1. The highest BCUT2D eigenvalue weighted by molar-refractivity contribution is 7.48. The third-order valence-corrected chi connectivity index (χ3v) is 11.3. The van der Waals surface area contributed by atoms with Crippen LogP contribution in [0, 0.1) is 0 Å². The van der Waals surface area contributed by atoms with E-state index in [0.29, 0.717) is 23.4 Å².